The predicted octanol–water partition coefficient (Wildman–Crippen LogP) is 3.13. The van der Waals surface area contributed by atoms with Gasteiger partial charge in [-0.05, 0) is 61.5 Å². The zero-order valence-electron chi connectivity index (χ0n) is 16.2. The molecule has 0 unspecified atom stereocenters. The van der Waals surface area contributed by atoms with Gasteiger partial charge in [-0.1, -0.05) is 0 Å². The Bertz CT molecular complexity index is 1110. The molecule has 1 fully saturated rings. The number of hydrogen-bond acceptors (Lipinski definition) is 5. The number of amides is 4. The Morgan fingerprint density at radius 1 is 1.07 bits per heavy atom. The number of carbonyl (C=O) groups is 3. The highest BCUT2D eigenvalue weighted by Crippen LogP contribution is 2.21. The number of ether oxygens (including phenoxy) is 1. The molecule has 2 aromatic heterocycles. The SMILES string of the molecule is CCOc1ccc(-n2cccc2/C=C2/C(=O)NC(=O)N(Cc3ccco3)C2=O)cc1. The van der Waals surface area contributed by atoms with E-state index in [9.17, 15) is 14.4 Å². The van der Waals surface area contributed by atoms with E-state index >= 15 is 0 Å². The third kappa shape index (κ3) is 3.75. The molecule has 4 rings (SSSR count). The maximum atomic E-state index is 12.9. The quantitative estimate of drug-likeness (QED) is 0.502. The van der Waals surface area contributed by atoms with Crippen LogP contribution in [0.3, 0.4) is 0 Å². The second-order valence-electron chi connectivity index (χ2n) is 6.52. The number of rotatable bonds is 6. The number of furan rings is 1. The van der Waals surface area contributed by atoms with Gasteiger partial charge in [0.25, 0.3) is 11.8 Å². The summed E-state index contributed by atoms with van der Waals surface area (Å²) in [5.41, 5.74) is 1.32. The number of hydrogen-bond donors (Lipinski definition) is 1. The lowest BCUT2D eigenvalue weighted by Crippen LogP contribution is -2.53. The minimum absolute atomic E-state index is 0.0673. The number of benzene rings is 1. The Kier molecular flexibility index (Phi) is 5.21. The van der Waals surface area contributed by atoms with Gasteiger partial charge in [0.1, 0.15) is 17.1 Å². The highest BCUT2D eigenvalue weighted by atomic mass is 16.5. The van der Waals surface area contributed by atoms with Crippen molar-refractivity contribution in [3.63, 3.8) is 0 Å². The van der Waals surface area contributed by atoms with Crippen LogP contribution < -0.4 is 10.1 Å². The molecule has 0 atom stereocenters. The monoisotopic (exact) mass is 405 g/mol. The number of barbiturate groups is 1. The first-order valence-electron chi connectivity index (χ1n) is 9.38. The largest absolute Gasteiger partial charge is 0.494 e. The molecule has 0 saturated carbocycles. The molecule has 0 spiro atoms. The van der Waals surface area contributed by atoms with Crippen LogP contribution in [0.5, 0.6) is 5.75 Å². The van der Waals surface area contributed by atoms with Crippen LogP contribution >= 0.6 is 0 Å². The van der Waals surface area contributed by atoms with Crippen molar-refractivity contribution in [2.24, 2.45) is 0 Å². The van der Waals surface area contributed by atoms with Gasteiger partial charge in [0.15, 0.2) is 0 Å². The van der Waals surface area contributed by atoms with Gasteiger partial charge in [0, 0.05) is 17.6 Å². The fourth-order valence-corrected chi connectivity index (χ4v) is 3.16. The third-order valence-electron chi connectivity index (χ3n) is 4.58. The molecule has 3 aromatic rings. The molecular formula is C22H19N3O5. The van der Waals surface area contributed by atoms with Crippen LogP contribution in [0.1, 0.15) is 18.4 Å². The Morgan fingerprint density at radius 2 is 1.87 bits per heavy atom. The Hall–Kier alpha value is -4.07. The molecular weight excluding hydrogens is 386 g/mol. The van der Waals surface area contributed by atoms with Gasteiger partial charge in [-0.3, -0.25) is 19.8 Å². The molecule has 1 aliphatic heterocycles. The van der Waals surface area contributed by atoms with Crippen molar-refractivity contribution in [1.29, 1.82) is 0 Å². The lowest BCUT2D eigenvalue weighted by Gasteiger charge is -2.25. The van der Waals surface area contributed by atoms with Crippen LogP contribution in [0.25, 0.3) is 11.8 Å². The van der Waals surface area contributed by atoms with E-state index in [4.69, 9.17) is 9.15 Å². The summed E-state index contributed by atoms with van der Waals surface area (Å²) in [5, 5.41) is 2.21. The third-order valence-corrected chi connectivity index (χ3v) is 4.58. The minimum Gasteiger partial charge on any atom is -0.494 e. The minimum atomic E-state index is -0.777. The van der Waals surface area contributed by atoms with E-state index in [0.717, 1.165) is 16.3 Å². The van der Waals surface area contributed by atoms with Crippen molar-refractivity contribution in [3.8, 4) is 11.4 Å². The zero-order chi connectivity index (χ0) is 21.1. The summed E-state index contributed by atoms with van der Waals surface area (Å²) in [6.07, 6.45) is 4.74. The number of aromatic nitrogens is 1. The van der Waals surface area contributed by atoms with E-state index < -0.39 is 17.8 Å². The smallest absolute Gasteiger partial charge is 0.331 e. The summed E-state index contributed by atoms with van der Waals surface area (Å²) >= 11 is 0. The van der Waals surface area contributed by atoms with Gasteiger partial charge in [-0.25, -0.2) is 4.79 Å². The normalized spacial score (nSPS) is 15.6. The maximum absolute atomic E-state index is 12.9. The van der Waals surface area contributed by atoms with Gasteiger partial charge >= 0.3 is 6.03 Å². The molecule has 1 aliphatic rings. The number of imide groups is 2. The van der Waals surface area contributed by atoms with Crippen molar-refractivity contribution in [2.75, 3.05) is 6.61 Å². The molecule has 0 aliphatic carbocycles. The Labute approximate surface area is 172 Å². The second-order valence-corrected chi connectivity index (χ2v) is 6.52. The van der Waals surface area contributed by atoms with Crippen molar-refractivity contribution in [2.45, 2.75) is 13.5 Å². The lowest BCUT2D eigenvalue weighted by molar-refractivity contribution is -0.130. The number of nitrogens with zero attached hydrogens (tertiary/aromatic N) is 2. The van der Waals surface area contributed by atoms with Gasteiger partial charge in [0.05, 0.1) is 19.4 Å². The van der Waals surface area contributed by atoms with E-state index in [0.29, 0.717) is 18.1 Å². The van der Waals surface area contributed by atoms with Crippen LogP contribution in [-0.2, 0) is 16.1 Å². The van der Waals surface area contributed by atoms with Crippen molar-refractivity contribution in [3.05, 3.63) is 78.0 Å². The zero-order valence-corrected chi connectivity index (χ0v) is 16.2. The first-order valence-corrected chi connectivity index (χ1v) is 9.38. The summed E-state index contributed by atoms with van der Waals surface area (Å²) in [5.74, 6) is -0.230. The van der Waals surface area contributed by atoms with Gasteiger partial charge in [0.2, 0.25) is 0 Å². The van der Waals surface area contributed by atoms with Crippen molar-refractivity contribution < 1.29 is 23.5 Å². The topological polar surface area (TPSA) is 93.8 Å². The van der Waals surface area contributed by atoms with Crippen molar-refractivity contribution >= 4 is 23.9 Å². The summed E-state index contributed by atoms with van der Waals surface area (Å²) in [4.78, 5) is 38.3. The number of carbonyl (C=O) groups excluding carboxylic acids is 3. The molecule has 8 nitrogen and oxygen atoms in total. The molecule has 3 heterocycles. The average molecular weight is 405 g/mol. The Morgan fingerprint density at radius 3 is 2.57 bits per heavy atom. The average Bonchev–Trinajstić information content (AvgIpc) is 3.41. The molecule has 0 radical (unpaired) electrons. The fourth-order valence-electron chi connectivity index (χ4n) is 3.16. The van der Waals surface area contributed by atoms with E-state index in [1.165, 1.54) is 12.3 Å². The second kappa shape index (κ2) is 8.12. The molecule has 8 heteroatoms. The predicted molar refractivity (Wildman–Crippen MR) is 108 cm³/mol. The first-order chi connectivity index (χ1) is 14.6. The molecule has 152 valence electrons. The molecule has 1 N–H and O–H groups in total. The van der Waals surface area contributed by atoms with Gasteiger partial charge in [-0.15, -0.1) is 0 Å². The molecule has 0 bridgehead atoms. The van der Waals surface area contributed by atoms with Crippen LogP contribution in [0.15, 0.2) is 71.0 Å². The van der Waals surface area contributed by atoms with Crippen molar-refractivity contribution in [1.82, 2.24) is 14.8 Å². The Balaban J connectivity index is 1.64. The summed E-state index contributed by atoms with van der Waals surface area (Å²) < 4.78 is 12.5. The fraction of sp³-hybridized carbons (Fsp3) is 0.136. The van der Waals surface area contributed by atoms with E-state index in [1.807, 2.05) is 42.0 Å². The summed E-state index contributed by atoms with van der Waals surface area (Å²) in [6.45, 7) is 2.42. The van der Waals surface area contributed by atoms with Crippen LogP contribution in [0, 0.1) is 0 Å². The molecule has 1 saturated heterocycles. The lowest BCUT2D eigenvalue weighted by atomic mass is 10.1. The van der Waals surface area contributed by atoms with Crippen LogP contribution in [0.4, 0.5) is 4.79 Å². The summed E-state index contributed by atoms with van der Waals surface area (Å²) in [6, 6.07) is 13.6. The van der Waals surface area contributed by atoms with Crippen LogP contribution in [-0.4, -0.2) is 33.9 Å². The molecule has 30 heavy (non-hydrogen) atoms. The number of urea groups is 1. The summed E-state index contributed by atoms with van der Waals surface area (Å²) in [7, 11) is 0. The highest BCUT2D eigenvalue weighted by molar-refractivity contribution is 6.30. The van der Waals surface area contributed by atoms with Gasteiger partial charge in [-0.2, -0.15) is 0 Å². The molecule has 4 amide bonds. The molecule has 1 aromatic carbocycles. The maximum Gasteiger partial charge on any atom is 0.331 e. The highest BCUT2D eigenvalue weighted by Gasteiger charge is 2.36. The standard InChI is InChI=1S/C22H19N3O5/c1-2-29-17-9-7-15(8-10-17)24-11-3-5-16(24)13-19-20(26)23-22(28)25(21(19)27)14-18-6-4-12-30-18/h3-13H,2,14H2,1H3,(H,23,26,28)/b19-13-. The number of nitrogens with one attached hydrogen (secondary N) is 1. The van der Waals surface area contributed by atoms with E-state index in [1.54, 1.807) is 24.3 Å². The van der Waals surface area contributed by atoms with E-state index in [-0.39, 0.29) is 12.1 Å². The van der Waals surface area contributed by atoms with Gasteiger partial charge < -0.3 is 13.7 Å². The first kappa shape index (κ1) is 19.3. The van der Waals surface area contributed by atoms with Crippen LogP contribution in [0.2, 0.25) is 0 Å². The van der Waals surface area contributed by atoms with E-state index in [2.05, 4.69) is 5.32 Å².